The number of hydrogen-bond acceptors (Lipinski definition) is 4. The maximum absolute atomic E-state index is 12.6. The van der Waals surface area contributed by atoms with Gasteiger partial charge in [-0.1, -0.05) is 25.5 Å². The molecule has 1 fully saturated rings. The minimum Gasteiger partial charge on any atom is -0.380 e. The van der Waals surface area contributed by atoms with Crippen LogP contribution in [0.15, 0.2) is 24.3 Å². The maximum atomic E-state index is 12.6. The van der Waals surface area contributed by atoms with Gasteiger partial charge in [-0.15, -0.1) is 0 Å². The van der Waals surface area contributed by atoms with E-state index < -0.39 is 0 Å². The summed E-state index contributed by atoms with van der Waals surface area (Å²) in [6.07, 6.45) is 2.09. The van der Waals surface area contributed by atoms with Crippen LogP contribution in [0.25, 0.3) is 0 Å². The molecule has 0 radical (unpaired) electrons. The van der Waals surface area contributed by atoms with E-state index in [0.29, 0.717) is 31.8 Å². The molecule has 6 heteroatoms. The number of ether oxygens (including phenoxy) is 1. The Morgan fingerprint density at radius 1 is 1.20 bits per heavy atom. The number of benzene rings is 1. The predicted molar refractivity (Wildman–Crippen MR) is 97.4 cm³/mol. The summed E-state index contributed by atoms with van der Waals surface area (Å²) in [7, 11) is 1.64. The molecule has 2 amide bonds. The van der Waals surface area contributed by atoms with Crippen molar-refractivity contribution in [2.45, 2.75) is 26.4 Å². The van der Waals surface area contributed by atoms with Gasteiger partial charge in [0, 0.05) is 45.4 Å². The average molecular weight is 347 g/mol. The fourth-order valence-corrected chi connectivity index (χ4v) is 2.92. The van der Waals surface area contributed by atoms with E-state index >= 15 is 0 Å². The molecule has 1 N–H and O–H groups in total. The lowest BCUT2D eigenvalue weighted by Gasteiger charge is -2.34. The molecule has 0 spiro atoms. The van der Waals surface area contributed by atoms with Crippen LogP contribution in [0.2, 0.25) is 0 Å². The van der Waals surface area contributed by atoms with Gasteiger partial charge in [0.2, 0.25) is 5.91 Å². The molecule has 1 aromatic rings. The van der Waals surface area contributed by atoms with Crippen LogP contribution in [0.1, 0.15) is 35.7 Å². The number of nitrogens with one attached hydrogen (secondary N) is 1. The van der Waals surface area contributed by atoms with E-state index in [1.165, 1.54) is 0 Å². The lowest BCUT2D eigenvalue weighted by Crippen LogP contribution is -2.51. The fraction of sp³-hybridized carbons (Fsp3) is 0.579. The molecule has 1 saturated heterocycles. The monoisotopic (exact) mass is 347 g/mol. The number of carbonyl (C=O) groups excluding carboxylic acids is 2. The third-order valence-corrected chi connectivity index (χ3v) is 4.36. The van der Waals surface area contributed by atoms with Gasteiger partial charge in [-0.05, 0) is 24.1 Å². The Hall–Kier alpha value is -1.92. The Kier molecular flexibility index (Phi) is 7.88. The first-order valence-electron chi connectivity index (χ1n) is 9.00. The van der Waals surface area contributed by atoms with Crippen LogP contribution in [-0.4, -0.2) is 68.0 Å². The van der Waals surface area contributed by atoms with Crippen LogP contribution in [0.5, 0.6) is 0 Å². The predicted octanol–water partition coefficient (Wildman–Crippen LogP) is 1.51. The van der Waals surface area contributed by atoms with Gasteiger partial charge < -0.3 is 15.0 Å². The number of piperazine rings is 1. The molecule has 1 aromatic carbocycles. The Balaban J connectivity index is 1.80. The first-order valence-corrected chi connectivity index (χ1v) is 9.00. The minimum atomic E-state index is 0.0463. The summed E-state index contributed by atoms with van der Waals surface area (Å²) in [5.74, 6) is 0.116. The lowest BCUT2D eigenvalue weighted by atomic mass is 10.1. The summed E-state index contributed by atoms with van der Waals surface area (Å²) in [6, 6.07) is 7.57. The Morgan fingerprint density at radius 2 is 1.96 bits per heavy atom. The van der Waals surface area contributed by atoms with Crippen molar-refractivity contribution < 1.29 is 14.3 Å². The average Bonchev–Trinajstić information content (AvgIpc) is 2.62. The van der Waals surface area contributed by atoms with Crippen molar-refractivity contribution in [2.24, 2.45) is 0 Å². The number of carbonyl (C=O) groups is 2. The van der Waals surface area contributed by atoms with Crippen LogP contribution >= 0.6 is 0 Å². The SMILES string of the molecule is CCCCNC(=O)CN1CCN(C(=O)c2cccc(COC)c2)CC1. The summed E-state index contributed by atoms with van der Waals surface area (Å²) < 4.78 is 5.12. The number of nitrogens with zero attached hydrogens (tertiary/aromatic N) is 2. The standard InChI is InChI=1S/C19H29N3O3/c1-3-4-8-20-18(23)14-21-9-11-22(12-10-21)19(24)17-7-5-6-16(13-17)15-25-2/h5-7,13H,3-4,8-12,14-15H2,1-2H3,(H,20,23). The van der Waals surface area contributed by atoms with E-state index in [-0.39, 0.29) is 11.8 Å². The van der Waals surface area contributed by atoms with Crippen molar-refractivity contribution in [1.29, 1.82) is 0 Å². The molecule has 2 rings (SSSR count). The second-order valence-electron chi connectivity index (χ2n) is 6.41. The second kappa shape index (κ2) is 10.2. The molecule has 1 heterocycles. The molecule has 0 aromatic heterocycles. The first-order chi connectivity index (χ1) is 12.1. The highest BCUT2D eigenvalue weighted by molar-refractivity contribution is 5.94. The van der Waals surface area contributed by atoms with Crippen molar-refractivity contribution >= 4 is 11.8 Å². The van der Waals surface area contributed by atoms with Crippen LogP contribution in [0.3, 0.4) is 0 Å². The quantitative estimate of drug-likeness (QED) is 0.724. The Morgan fingerprint density at radius 3 is 2.64 bits per heavy atom. The van der Waals surface area contributed by atoms with E-state index in [2.05, 4.69) is 17.1 Å². The second-order valence-corrected chi connectivity index (χ2v) is 6.41. The first kappa shape index (κ1) is 19.4. The van der Waals surface area contributed by atoms with Crippen molar-refractivity contribution in [3.63, 3.8) is 0 Å². The van der Waals surface area contributed by atoms with E-state index in [9.17, 15) is 9.59 Å². The van der Waals surface area contributed by atoms with Gasteiger partial charge in [-0.2, -0.15) is 0 Å². The molecule has 0 unspecified atom stereocenters. The fourth-order valence-electron chi connectivity index (χ4n) is 2.92. The van der Waals surface area contributed by atoms with Crippen molar-refractivity contribution in [3.05, 3.63) is 35.4 Å². The van der Waals surface area contributed by atoms with Crippen LogP contribution in [0, 0.1) is 0 Å². The highest BCUT2D eigenvalue weighted by Crippen LogP contribution is 2.11. The van der Waals surface area contributed by atoms with E-state index in [0.717, 1.165) is 38.0 Å². The van der Waals surface area contributed by atoms with Gasteiger partial charge in [0.1, 0.15) is 0 Å². The Bertz CT molecular complexity index is 569. The maximum Gasteiger partial charge on any atom is 0.253 e. The van der Waals surface area contributed by atoms with Gasteiger partial charge in [0.05, 0.1) is 13.2 Å². The summed E-state index contributed by atoms with van der Waals surface area (Å²) in [4.78, 5) is 28.5. The normalized spacial score (nSPS) is 15.2. The minimum absolute atomic E-state index is 0.0463. The highest BCUT2D eigenvalue weighted by Gasteiger charge is 2.23. The number of unbranched alkanes of at least 4 members (excludes halogenated alkanes) is 1. The molecule has 1 aliphatic rings. The van der Waals surface area contributed by atoms with Crippen molar-refractivity contribution in [3.8, 4) is 0 Å². The van der Waals surface area contributed by atoms with Crippen LogP contribution in [0.4, 0.5) is 0 Å². The van der Waals surface area contributed by atoms with E-state index in [4.69, 9.17) is 4.74 Å². The molecule has 25 heavy (non-hydrogen) atoms. The van der Waals surface area contributed by atoms with Gasteiger partial charge in [-0.3, -0.25) is 14.5 Å². The molecule has 0 bridgehead atoms. The number of methoxy groups -OCH3 is 1. The zero-order valence-corrected chi connectivity index (χ0v) is 15.3. The number of amides is 2. The Labute approximate surface area is 150 Å². The zero-order valence-electron chi connectivity index (χ0n) is 15.3. The third-order valence-electron chi connectivity index (χ3n) is 4.36. The van der Waals surface area contributed by atoms with Gasteiger partial charge in [0.25, 0.3) is 5.91 Å². The zero-order chi connectivity index (χ0) is 18.1. The molecular formula is C19H29N3O3. The highest BCUT2D eigenvalue weighted by atomic mass is 16.5. The molecule has 0 saturated carbocycles. The molecular weight excluding hydrogens is 318 g/mol. The molecule has 138 valence electrons. The van der Waals surface area contributed by atoms with Crippen molar-refractivity contribution in [2.75, 3.05) is 46.4 Å². The van der Waals surface area contributed by atoms with Gasteiger partial charge in [0.15, 0.2) is 0 Å². The van der Waals surface area contributed by atoms with Gasteiger partial charge in [-0.25, -0.2) is 0 Å². The van der Waals surface area contributed by atoms with E-state index in [1.54, 1.807) is 7.11 Å². The molecule has 0 atom stereocenters. The van der Waals surface area contributed by atoms with Crippen LogP contribution in [-0.2, 0) is 16.1 Å². The smallest absolute Gasteiger partial charge is 0.253 e. The van der Waals surface area contributed by atoms with Crippen molar-refractivity contribution in [1.82, 2.24) is 15.1 Å². The summed E-state index contributed by atoms with van der Waals surface area (Å²) in [5, 5.41) is 2.94. The lowest BCUT2D eigenvalue weighted by molar-refractivity contribution is -0.122. The summed E-state index contributed by atoms with van der Waals surface area (Å²) in [6.45, 7) is 6.51. The molecule has 1 aliphatic heterocycles. The van der Waals surface area contributed by atoms with E-state index in [1.807, 2.05) is 29.2 Å². The number of rotatable bonds is 8. The summed E-state index contributed by atoms with van der Waals surface area (Å²) in [5.41, 5.74) is 1.69. The number of hydrogen-bond donors (Lipinski definition) is 1. The molecule has 0 aliphatic carbocycles. The largest absolute Gasteiger partial charge is 0.380 e. The van der Waals surface area contributed by atoms with Crippen LogP contribution < -0.4 is 5.32 Å². The summed E-state index contributed by atoms with van der Waals surface area (Å²) >= 11 is 0. The molecule has 6 nitrogen and oxygen atoms in total. The topological polar surface area (TPSA) is 61.9 Å². The third kappa shape index (κ3) is 6.14. The van der Waals surface area contributed by atoms with Gasteiger partial charge >= 0.3 is 0 Å².